The molecule has 1 aromatic rings. The van der Waals surface area contributed by atoms with E-state index in [-0.39, 0.29) is 43.6 Å². The number of nitrogens with one attached hydrogen (secondary N) is 1. The number of carbonyl (C=O) groups excluding carboxylic acids is 1. The average molecular weight is 313 g/mol. The van der Waals surface area contributed by atoms with E-state index in [1.165, 1.54) is 0 Å². The topological polar surface area (TPSA) is 58.2 Å². The van der Waals surface area contributed by atoms with Crippen molar-refractivity contribution in [3.63, 3.8) is 0 Å². The summed E-state index contributed by atoms with van der Waals surface area (Å²) in [4.78, 5) is 21.9. The minimum Gasteiger partial charge on any atom is -0.377 e. The number of alkyl halides is 2. The van der Waals surface area contributed by atoms with Crippen molar-refractivity contribution in [2.75, 3.05) is 19.8 Å². The predicted octanol–water partition coefficient (Wildman–Crippen LogP) is 2.44. The summed E-state index contributed by atoms with van der Waals surface area (Å²) in [5.74, 6) is -2.26. The van der Waals surface area contributed by atoms with Gasteiger partial charge in [0, 0.05) is 37.2 Å². The van der Waals surface area contributed by atoms with E-state index in [0.29, 0.717) is 25.6 Å². The van der Waals surface area contributed by atoms with Crippen LogP contribution in [0.2, 0.25) is 0 Å². The number of hydrogen-bond acceptors (Lipinski definition) is 3. The molecule has 2 fully saturated rings. The first kappa shape index (κ1) is 15.4. The Morgan fingerprint density at radius 3 is 2.82 bits per heavy atom. The van der Waals surface area contributed by atoms with Crippen LogP contribution in [0.3, 0.4) is 0 Å². The van der Waals surface area contributed by atoms with Gasteiger partial charge in [-0.25, -0.2) is 13.8 Å². The van der Waals surface area contributed by atoms with Crippen LogP contribution >= 0.6 is 0 Å². The van der Waals surface area contributed by atoms with Gasteiger partial charge in [-0.2, -0.15) is 0 Å². The second-order valence-electron chi connectivity index (χ2n) is 6.20. The number of nitrogens with zero attached hydrogens (tertiary/aromatic N) is 2. The zero-order valence-corrected chi connectivity index (χ0v) is 12.6. The number of morpholine rings is 1. The molecule has 1 amide bonds. The smallest absolute Gasteiger partial charge is 0.248 e. The molecule has 22 heavy (non-hydrogen) atoms. The first-order valence-corrected chi connectivity index (χ1v) is 7.74. The Balaban J connectivity index is 1.72. The standard InChI is InChI=1S/C15H21F2N3O2/c1-10-8-18-13(19-10)12-9-22-7-6-20(12)14(21)11-2-4-15(16,17)5-3-11/h8,11-12H,2-7,9H2,1H3,(H,18,19)/t12-/m1/s1. The van der Waals surface area contributed by atoms with E-state index in [1.54, 1.807) is 11.1 Å². The highest BCUT2D eigenvalue weighted by molar-refractivity contribution is 5.79. The second-order valence-corrected chi connectivity index (χ2v) is 6.20. The number of H-pyrrole nitrogens is 1. The van der Waals surface area contributed by atoms with Crippen molar-refractivity contribution in [3.8, 4) is 0 Å². The Bertz CT molecular complexity index is 537. The summed E-state index contributed by atoms with van der Waals surface area (Å²) in [5.41, 5.74) is 0.922. The fourth-order valence-electron chi connectivity index (χ4n) is 3.22. The molecule has 0 bridgehead atoms. The van der Waals surface area contributed by atoms with E-state index in [9.17, 15) is 13.6 Å². The molecule has 0 unspecified atom stereocenters. The Morgan fingerprint density at radius 1 is 1.45 bits per heavy atom. The zero-order chi connectivity index (χ0) is 15.7. The maximum absolute atomic E-state index is 13.3. The highest BCUT2D eigenvalue weighted by Crippen LogP contribution is 2.38. The summed E-state index contributed by atoms with van der Waals surface area (Å²) in [6.45, 7) is 3.25. The average Bonchev–Trinajstić information content (AvgIpc) is 2.93. The number of hydrogen-bond donors (Lipinski definition) is 1. The maximum atomic E-state index is 13.3. The number of aryl methyl sites for hydroxylation is 1. The monoisotopic (exact) mass is 313 g/mol. The van der Waals surface area contributed by atoms with E-state index in [4.69, 9.17) is 4.74 Å². The molecule has 122 valence electrons. The van der Waals surface area contributed by atoms with E-state index in [0.717, 1.165) is 5.69 Å². The van der Waals surface area contributed by atoms with Gasteiger partial charge < -0.3 is 14.6 Å². The van der Waals surface area contributed by atoms with Crippen molar-refractivity contribution < 1.29 is 18.3 Å². The Morgan fingerprint density at radius 2 is 2.18 bits per heavy atom. The number of aromatic nitrogens is 2. The van der Waals surface area contributed by atoms with E-state index in [2.05, 4.69) is 9.97 Å². The normalized spacial score (nSPS) is 26.1. The third kappa shape index (κ3) is 3.14. The number of ether oxygens (including phenoxy) is 1. The Hall–Kier alpha value is -1.50. The van der Waals surface area contributed by atoms with Crippen molar-refractivity contribution in [2.45, 2.75) is 44.6 Å². The highest BCUT2D eigenvalue weighted by Gasteiger charge is 2.41. The summed E-state index contributed by atoms with van der Waals surface area (Å²) in [5, 5.41) is 0. The third-order valence-electron chi connectivity index (χ3n) is 4.52. The number of rotatable bonds is 2. The molecule has 2 heterocycles. The molecule has 2 aliphatic rings. The molecule has 7 heteroatoms. The molecule has 5 nitrogen and oxygen atoms in total. The molecule has 0 aromatic carbocycles. The molecular weight excluding hydrogens is 292 g/mol. The molecule has 0 radical (unpaired) electrons. The number of halogens is 2. The summed E-state index contributed by atoms with van der Waals surface area (Å²) in [7, 11) is 0. The number of carbonyl (C=O) groups is 1. The molecule has 1 atom stereocenters. The van der Waals surface area contributed by atoms with Crippen LogP contribution in [0.4, 0.5) is 8.78 Å². The van der Waals surface area contributed by atoms with Crippen LogP contribution in [0.25, 0.3) is 0 Å². The number of aromatic amines is 1. The van der Waals surface area contributed by atoms with Crippen molar-refractivity contribution >= 4 is 5.91 Å². The van der Waals surface area contributed by atoms with Crippen LogP contribution in [-0.4, -0.2) is 46.5 Å². The Kier molecular flexibility index (Phi) is 4.16. The van der Waals surface area contributed by atoms with Gasteiger partial charge in [-0.05, 0) is 19.8 Å². The minimum absolute atomic E-state index is 0.0437. The SMILES string of the molecule is Cc1cnc([C@H]2COCCN2C(=O)C2CCC(F)(F)CC2)[nH]1. The van der Waals surface area contributed by atoms with Gasteiger partial charge in [-0.15, -0.1) is 0 Å². The van der Waals surface area contributed by atoms with Crippen LogP contribution < -0.4 is 0 Å². The van der Waals surface area contributed by atoms with Crippen LogP contribution in [0.1, 0.15) is 43.2 Å². The van der Waals surface area contributed by atoms with Crippen molar-refractivity contribution in [3.05, 3.63) is 17.7 Å². The summed E-state index contributed by atoms with van der Waals surface area (Å²) in [6.07, 6.45) is 1.84. The predicted molar refractivity (Wildman–Crippen MR) is 75.5 cm³/mol. The summed E-state index contributed by atoms with van der Waals surface area (Å²) in [6, 6.07) is -0.252. The lowest BCUT2D eigenvalue weighted by Gasteiger charge is -2.38. The number of imidazole rings is 1. The zero-order valence-electron chi connectivity index (χ0n) is 12.6. The van der Waals surface area contributed by atoms with Gasteiger partial charge in [0.05, 0.1) is 13.2 Å². The summed E-state index contributed by atoms with van der Waals surface area (Å²) < 4.78 is 32.0. The summed E-state index contributed by atoms with van der Waals surface area (Å²) >= 11 is 0. The Labute approximate surface area is 128 Å². The lowest BCUT2D eigenvalue weighted by molar-refractivity contribution is -0.148. The molecule has 3 rings (SSSR count). The van der Waals surface area contributed by atoms with Crippen molar-refractivity contribution in [1.82, 2.24) is 14.9 Å². The van der Waals surface area contributed by atoms with Gasteiger partial charge in [0.15, 0.2) is 0 Å². The first-order chi connectivity index (χ1) is 10.5. The molecule has 1 aromatic heterocycles. The largest absolute Gasteiger partial charge is 0.377 e. The van der Waals surface area contributed by atoms with Gasteiger partial charge in [0.25, 0.3) is 0 Å². The van der Waals surface area contributed by atoms with Gasteiger partial charge in [-0.1, -0.05) is 0 Å². The van der Waals surface area contributed by atoms with Crippen LogP contribution in [0.5, 0.6) is 0 Å². The minimum atomic E-state index is -2.61. The lowest BCUT2D eigenvalue weighted by Crippen LogP contribution is -2.47. The quantitative estimate of drug-likeness (QED) is 0.912. The van der Waals surface area contributed by atoms with Crippen molar-refractivity contribution in [1.29, 1.82) is 0 Å². The van der Waals surface area contributed by atoms with Crippen LogP contribution in [0, 0.1) is 12.8 Å². The van der Waals surface area contributed by atoms with Crippen LogP contribution in [0.15, 0.2) is 6.20 Å². The molecule has 1 aliphatic heterocycles. The van der Waals surface area contributed by atoms with Gasteiger partial charge >= 0.3 is 0 Å². The van der Waals surface area contributed by atoms with Crippen molar-refractivity contribution in [2.24, 2.45) is 5.92 Å². The van der Waals surface area contributed by atoms with E-state index < -0.39 is 5.92 Å². The van der Waals surface area contributed by atoms with Gasteiger partial charge in [-0.3, -0.25) is 4.79 Å². The molecule has 1 saturated carbocycles. The first-order valence-electron chi connectivity index (χ1n) is 7.74. The molecule has 1 saturated heterocycles. The molecule has 1 N–H and O–H groups in total. The van der Waals surface area contributed by atoms with E-state index >= 15 is 0 Å². The molecule has 0 spiro atoms. The van der Waals surface area contributed by atoms with Gasteiger partial charge in [0.2, 0.25) is 11.8 Å². The third-order valence-corrected chi connectivity index (χ3v) is 4.52. The maximum Gasteiger partial charge on any atom is 0.248 e. The van der Waals surface area contributed by atoms with Crippen LogP contribution in [-0.2, 0) is 9.53 Å². The highest BCUT2D eigenvalue weighted by atomic mass is 19.3. The molecular formula is C15H21F2N3O2. The lowest BCUT2D eigenvalue weighted by atomic mass is 9.85. The fraction of sp³-hybridized carbons (Fsp3) is 0.733. The second kappa shape index (κ2) is 5.95. The number of amides is 1. The van der Waals surface area contributed by atoms with E-state index in [1.807, 2.05) is 6.92 Å². The van der Waals surface area contributed by atoms with Gasteiger partial charge in [0.1, 0.15) is 11.9 Å². The fourth-order valence-corrected chi connectivity index (χ4v) is 3.22. The molecule has 1 aliphatic carbocycles.